The molecule has 0 amide bonds. The van der Waals surface area contributed by atoms with Crippen LogP contribution >= 0.6 is 0 Å². The molecule has 22 heavy (non-hydrogen) atoms. The predicted molar refractivity (Wildman–Crippen MR) is 84.6 cm³/mol. The summed E-state index contributed by atoms with van der Waals surface area (Å²) >= 11 is 0. The Morgan fingerprint density at radius 1 is 1.18 bits per heavy atom. The molecule has 0 unspecified atom stereocenters. The number of nitrogens with zero attached hydrogens (tertiary/aromatic N) is 5. The first kappa shape index (κ1) is 14.5. The molecule has 2 aromatic heterocycles. The molecule has 6 nitrogen and oxygen atoms in total. The lowest BCUT2D eigenvalue weighted by Gasteiger charge is -2.07. The third-order valence-corrected chi connectivity index (χ3v) is 3.51. The maximum Gasteiger partial charge on any atom is 0.151 e. The van der Waals surface area contributed by atoms with Gasteiger partial charge in [-0.1, -0.05) is 18.2 Å². The molecule has 0 fully saturated rings. The van der Waals surface area contributed by atoms with Crippen molar-refractivity contribution in [1.29, 1.82) is 0 Å². The van der Waals surface area contributed by atoms with E-state index in [0.717, 1.165) is 30.9 Å². The minimum absolute atomic E-state index is 0.710. The molecule has 0 spiro atoms. The number of benzene rings is 1. The van der Waals surface area contributed by atoms with Gasteiger partial charge in [-0.05, 0) is 37.1 Å². The highest BCUT2D eigenvalue weighted by molar-refractivity contribution is 5.31. The van der Waals surface area contributed by atoms with Crippen LogP contribution in [0.2, 0.25) is 0 Å². The number of aryl methyl sites for hydroxylation is 2. The van der Waals surface area contributed by atoms with Crippen LogP contribution in [0.4, 0.5) is 0 Å². The van der Waals surface area contributed by atoms with Crippen LogP contribution in [-0.2, 0) is 20.0 Å². The van der Waals surface area contributed by atoms with Gasteiger partial charge in [0.15, 0.2) is 5.82 Å². The van der Waals surface area contributed by atoms with Crippen molar-refractivity contribution in [3.63, 3.8) is 0 Å². The van der Waals surface area contributed by atoms with Crippen LogP contribution in [0, 0.1) is 0 Å². The molecule has 0 saturated carbocycles. The fraction of sp³-hybridized carbons (Fsp3) is 0.312. The van der Waals surface area contributed by atoms with Crippen molar-refractivity contribution in [3.05, 3.63) is 60.4 Å². The first-order valence-corrected chi connectivity index (χ1v) is 7.45. The van der Waals surface area contributed by atoms with E-state index in [1.54, 1.807) is 6.33 Å². The quantitative estimate of drug-likeness (QED) is 0.674. The fourth-order valence-corrected chi connectivity index (χ4v) is 2.40. The Kier molecular flexibility index (Phi) is 4.60. The summed E-state index contributed by atoms with van der Waals surface area (Å²) in [6, 6.07) is 10.1. The van der Waals surface area contributed by atoms with E-state index < -0.39 is 0 Å². The second-order valence-corrected chi connectivity index (χ2v) is 5.26. The Hall–Kier alpha value is -2.47. The molecule has 0 saturated heterocycles. The fourth-order valence-electron chi connectivity index (χ4n) is 2.40. The van der Waals surface area contributed by atoms with Crippen LogP contribution in [-0.4, -0.2) is 31.1 Å². The molecular weight excluding hydrogens is 276 g/mol. The van der Waals surface area contributed by atoms with Crippen molar-refractivity contribution >= 4 is 0 Å². The zero-order valence-corrected chi connectivity index (χ0v) is 12.7. The van der Waals surface area contributed by atoms with Gasteiger partial charge in [-0.25, -0.2) is 0 Å². The van der Waals surface area contributed by atoms with Crippen molar-refractivity contribution in [2.45, 2.75) is 19.4 Å². The van der Waals surface area contributed by atoms with E-state index in [0.29, 0.717) is 6.54 Å². The van der Waals surface area contributed by atoms with Gasteiger partial charge in [-0.3, -0.25) is 9.25 Å². The van der Waals surface area contributed by atoms with Crippen molar-refractivity contribution < 1.29 is 0 Å². The number of nitrogens with one attached hydrogen (secondary N) is 1. The standard InChI is InChI=1S/C16H20N6/c1-21-12-14(10-19-21)6-5-9-17-11-16-20-18-13-22(16)15-7-3-2-4-8-15/h2-4,7-8,10,12-13,17H,5-6,9,11H2,1H3. The number of hydrogen-bond acceptors (Lipinski definition) is 4. The summed E-state index contributed by atoms with van der Waals surface area (Å²) in [5.74, 6) is 0.924. The van der Waals surface area contributed by atoms with Gasteiger partial charge in [0, 0.05) is 18.9 Å². The summed E-state index contributed by atoms with van der Waals surface area (Å²) in [7, 11) is 1.94. The van der Waals surface area contributed by atoms with Crippen molar-refractivity contribution in [2.75, 3.05) is 6.54 Å². The lowest BCUT2D eigenvalue weighted by molar-refractivity contribution is 0.622. The van der Waals surface area contributed by atoms with Crippen molar-refractivity contribution in [3.8, 4) is 5.69 Å². The number of hydrogen-bond donors (Lipinski definition) is 1. The summed E-state index contributed by atoms with van der Waals surface area (Å²) in [4.78, 5) is 0. The first-order chi connectivity index (χ1) is 10.8. The van der Waals surface area contributed by atoms with Crippen LogP contribution in [0.25, 0.3) is 5.69 Å². The Balaban J connectivity index is 1.47. The Morgan fingerprint density at radius 2 is 2.05 bits per heavy atom. The van der Waals surface area contributed by atoms with Gasteiger partial charge < -0.3 is 5.32 Å². The van der Waals surface area contributed by atoms with Crippen LogP contribution in [0.3, 0.4) is 0 Å². The second-order valence-electron chi connectivity index (χ2n) is 5.26. The highest BCUT2D eigenvalue weighted by Crippen LogP contribution is 2.08. The normalized spacial score (nSPS) is 11.0. The molecule has 2 heterocycles. The Bertz CT molecular complexity index is 700. The second kappa shape index (κ2) is 7.00. The third-order valence-electron chi connectivity index (χ3n) is 3.51. The van der Waals surface area contributed by atoms with Crippen molar-refractivity contribution in [1.82, 2.24) is 29.9 Å². The van der Waals surface area contributed by atoms with E-state index in [-0.39, 0.29) is 0 Å². The van der Waals surface area contributed by atoms with Crippen LogP contribution in [0.15, 0.2) is 49.1 Å². The molecule has 6 heteroatoms. The Morgan fingerprint density at radius 3 is 2.82 bits per heavy atom. The molecule has 0 atom stereocenters. The van der Waals surface area contributed by atoms with Gasteiger partial charge >= 0.3 is 0 Å². The van der Waals surface area contributed by atoms with E-state index >= 15 is 0 Å². The average Bonchev–Trinajstić information content (AvgIpc) is 3.17. The summed E-state index contributed by atoms with van der Waals surface area (Å²) < 4.78 is 3.85. The number of aromatic nitrogens is 5. The van der Waals surface area contributed by atoms with Crippen LogP contribution < -0.4 is 5.32 Å². The van der Waals surface area contributed by atoms with E-state index in [4.69, 9.17) is 0 Å². The van der Waals surface area contributed by atoms with Gasteiger partial charge in [0.25, 0.3) is 0 Å². The van der Waals surface area contributed by atoms with Gasteiger partial charge in [0.2, 0.25) is 0 Å². The molecule has 1 N–H and O–H groups in total. The van der Waals surface area contributed by atoms with E-state index in [9.17, 15) is 0 Å². The molecule has 0 radical (unpaired) electrons. The highest BCUT2D eigenvalue weighted by Gasteiger charge is 2.05. The van der Waals surface area contributed by atoms with Gasteiger partial charge in [-0.15, -0.1) is 10.2 Å². The average molecular weight is 296 g/mol. The summed E-state index contributed by atoms with van der Waals surface area (Å²) in [6.45, 7) is 1.65. The molecule has 0 bridgehead atoms. The summed E-state index contributed by atoms with van der Waals surface area (Å²) in [5, 5.41) is 15.8. The molecule has 3 rings (SSSR count). The lowest BCUT2D eigenvalue weighted by atomic mass is 10.2. The molecule has 114 valence electrons. The smallest absolute Gasteiger partial charge is 0.151 e. The minimum Gasteiger partial charge on any atom is -0.310 e. The first-order valence-electron chi connectivity index (χ1n) is 7.45. The molecule has 0 aliphatic heterocycles. The molecule has 0 aliphatic carbocycles. The van der Waals surface area contributed by atoms with E-state index in [1.807, 2.05) is 40.7 Å². The minimum atomic E-state index is 0.710. The summed E-state index contributed by atoms with van der Waals surface area (Å²) in [6.07, 6.45) is 7.84. The summed E-state index contributed by atoms with van der Waals surface area (Å²) in [5.41, 5.74) is 2.36. The highest BCUT2D eigenvalue weighted by atomic mass is 15.3. The molecule has 3 aromatic rings. The van der Waals surface area contributed by atoms with E-state index in [2.05, 4.69) is 38.9 Å². The topological polar surface area (TPSA) is 60.6 Å². The molecule has 0 aliphatic rings. The SMILES string of the molecule is Cn1cc(CCCNCc2nncn2-c2ccccc2)cn1. The van der Waals surface area contributed by atoms with Crippen LogP contribution in [0.5, 0.6) is 0 Å². The maximum absolute atomic E-state index is 4.19. The zero-order chi connectivity index (χ0) is 15.2. The van der Waals surface area contributed by atoms with Gasteiger partial charge in [0.1, 0.15) is 6.33 Å². The van der Waals surface area contributed by atoms with E-state index in [1.165, 1.54) is 5.56 Å². The zero-order valence-electron chi connectivity index (χ0n) is 12.7. The monoisotopic (exact) mass is 296 g/mol. The van der Waals surface area contributed by atoms with Crippen molar-refractivity contribution in [2.24, 2.45) is 7.05 Å². The largest absolute Gasteiger partial charge is 0.310 e. The van der Waals surface area contributed by atoms with Gasteiger partial charge in [0.05, 0.1) is 12.7 Å². The third kappa shape index (κ3) is 3.59. The number of para-hydroxylation sites is 1. The molecular formula is C16H20N6. The number of rotatable bonds is 7. The van der Waals surface area contributed by atoms with Gasteiger partial charge in [-0.2, -0.15) is 5.10 Å². The molecule has 1 aromatic carbocycles. The Labute approximate surface area is 129 Å². The predicted octanol–water partition coefficient (Wildman–Crippen LogP) is 1.72. The van der Waals surface area contributed by atoms with Crippen LogP contribution in [0.1, 0.15) is 17.8 Å². The lowest BCUT2D eigenvalue weighted by Crippen LogP contribution is -2.18. The maximum atomic E-state index is 4.19.